The van der Waals surface area contributed by atoms with Gasteiger partial charge in [0.05, 0.1) is 0 Å². The van der Waals surface area contributed by atoms with E-state index >= 15 is 0 Å². The lowest BCUT2D eigenvalue weighted by molar-refractivity contribution is -0.399. The molecule has 0 nitrogen and oxygen atoms in total. The van der Waals surface area contributed by atoms with Gasteiger partial charge in [0, 0.05) is 20.8 Å². The van der Waals surface area contributed by atoms with Crippen molar-refractivity contribution in [1.82, 2.24) is 0 Å². The van der Waals surface area contributed by atoms with Crippen LogP contribution in [0.3, 0.4) is 0 Å². The van der Waals surface area contributed by atoms with E-state index < -0.39 is 56.1 Å². The first-order valence-electron chi connectivity index (χ1n) is 4.83. The standard InChI is InChI=1S/C9H9F11/c1-4(10,11)7(16,8(17,18)5(2,12)13)9(19,20)6(3,14)15/h1-3H3. The first-order valence-corrected chi connectivity index (χ1v) is 4.83. The van der Waals surface area contributed by atoms with Gasteiger partial charge >= 0.3 is 29.4 Å². The maximum atomic E-state index is 13.6. The van der Waals surface area contributed by atoms with E-state index in [0.717, 1.165) is 0 Å². The summed E-state index contributed by atoms with van der Waals surface area (Å²) in [5.41, 5.74) is -6.80. The van der Waals surface area contributed by atoms with Crippen LogP contribution in [0.5, 0.6) is 0 Å². The minimum absolute atomic E-state index is 0.836. The Morgan fingerprint density at radius 1 is 0.400 bits per heavy atom. The van der Waals surface area contributed by atoms with Crippen molar-refractivity contribution in [2.75, 3.05) is 0 Å². The molecule has 0 aliphatic heterocycles. The third-order valence-corrected chi connectivity index (χ3v) is 2.57. The molecule has 0 atom stereocenters. The van der Waals surface area contributed by atoms with Gasteiger partial charge in [0.15, 0.2) is 0 Å². The summed E-state index contributed by atoms with van der Waals surface area (Å²) in [5, 5.41) is 0. The zero-order valence-electron chi connectivity index (χ0n) is 10.2. The fourth-order valence-corrected chi connectivity index (χ4v) is 1.35. The number of rotatable bonds is 5. The maximum Gasteiger partial charge on any atom is 0.355 e. The molecule has 0 N–H and O–H groups in total. The van der Waals surface area contributed by atoms with Crippen LogP contribution in [0.25, 0.3) is 0 Å². The fourth-order valence-electron chi connectivity index (χ4n) is 1.35. The van der Waals surface area contributed by atoms with Gasteiger partial charge in [-0.25, -0.2) is 30.7 Å². The Hall–Kier alpha value is -0.770. The molecule has 0 rings (SSSR count). The van der Waals surface area contributed by atoms with Gasteiger partial charge < -0.3 is 0 Å². The van der Waals surface area contributed by atoms with Gasteiger partial charge in [-0.2, -0.15) is 17.6 Å². The molecule has 0 aliphatic rings. The number of hydrogen-bond acceptors (Lipinski definition) is 0. The highest BCUT2D eigenvalue weighted by atomic mass is 19.3. The van der Waals surface area contributed by atoms with E-state index in [9.17, 15) is 48.3 Å². The van der Waals surface area contributed by atoms with Gasteiger partial charge in [-0.3, -0.25) is 0 Å². The molecule has 0 amide bonds. The molecule has 0 aliphatic carbocycles. The van der Waals surface area contributed by atoms with Gasteiger partial charge in [0.2, 0.25) is 0 Å². The third kappa shape index (κ3) is 2.32. The van der Waals surface area contributed by atoms with Gasteiger partial charge in [-0.15, -0.1) is 0 Å². The molecule has 122 valence electrons. The van der Waals surface area contributed by atoms with Crippen molar-refractivity contribution in [3.8, 4) is 0 Å². The quantitative estimate of drug-likeness (QED) is 0.629. The van der Waals surface area contributed by atoms with E-state index in [1.165, 1.54) is 0 Å². The van der Waals surface area contributed by atoms with Crippen LogP contribution in [0.15, 0.2) is 0 Å². The van der Waals surface area contributed by atoms with Gasteiger partial charge in [-0.1, -0.05) is 0 Å². The van der Waals surface area contributed by atoms with Crippen molar-refractivity contribution in [3.05, 3.63) is 0 Å². The lowest BCUT2D eigenvalue weighted by atomic mass is 9.79. The van der Waals surface area contributed by atoms with E-state index in [0.29, 0.717) is 0 Å². The molecular weight excluding hydrogens is 317 g/mol. The largest absolute Gasteiger partial charge is 0.355 e. The van der Waals surface area contributed by atoms with E-state index in [-0.39, 0.29) is 0 Å². The van der Waals surface area contributed by atoms with Gasteiger partial charge in [0.25, 0.3) is 5.92 Å². The topological polar surface area (TPSA) is 0 Å². The van der Waals surface area contributed by atoms with Crippen molar-refractivity contribution in [3.63, 3.8) is 0 Å². The molecule has 0 fully saturated rings. The Labute approximate surface area is 105 Å². The highest BCUT2D eigenvalue weighted by molar-refractivity contribution is 5.17. The van der Waals surface area contributed by atoms with E-state index in [1.54, 1.807) is 0 Å². The van der Waals surface area contributed by atoms with Crippen LogP contribution in [0.1, 0.15) is 20.8 Å². The Kier molecular flexibility index (Phi) is 4.19. The van der Waals surface area contributed by atoms with Gasteiger partial charge in [-0.05, 0) is 0 Å². The molecule has 0 unspecified atom stereocenters. The highest BCUT2D eigenvalue weighted by Crippen LogP contribution is 2.61. The average Bonchev–Trinajstić information content (AvgIpc) is 2.10. The van der Waals surface area contributed by atoms with Crippen LogP contribution in [0, 0.1) is 0 Å². The summed E-state index contributed by atoms with van der Waals surface area (Å²) in [6.45, 7) is -2.58. The predicted octanol–water partition coefficient (Wildman–Crippen LogP) is 4.93. The minimum atomic E-state index is -6.80. The Morgan fingerprint density at radius 2 is 0.600 bits per heavy atom. The smallest absolute Gasteiger partial charge is 0.223 e. The molecule has 0 aromatic heterocycles. The SMILES string of the molecule is CC(F)(F)C(F)(F)C(F)(C(C)(F)F)C(F)(F)C(C)(F)F. The molecule has 0 bridgehead atoms. The summed E-state index contributed by atoms with van der Waals surface area (Å²) in [4.78, 5) is 0. The van der Waals surface area contributed by atoms with Crippen LogP contribution < -0.4 is 0 Å². The van der Waals surface area contributed by atoms with Crippen molar-refractivity contribution < 1.29 is 48.3 Å². The monoisotopic (exact) mass is 326 g/mol. The number of alkyl halides is 11. The molecule has 0 radical (unpaired) electrons. The van der Waals surface area contributed by atoms with E-state index in [1.807, 2.05) is 0 Å². The number of halogens is 11. The zero-order valence-corrected chi connectivity index (χ0v) is 10.2. The van der Waals surface area contributed by atoms with Crippen molar-refractivity contribution >= 4 is 0 Å². The summed E-state index contributed by atoms with van der Waals surface area (Å²) >= 11 is 0. The second-order valence-corrected chi connectivity index (χ2v) is 4.47. The maximum absolute atomic E-state index is 13.6. The molecule has 0 spiro atoms. The molecule has 0 aromatic rings. The Balaban J connectivity index is 6.50. The lowest BCUT2D eigenvalue weighted by Crippen LogP contribution is -2.74. The average molecular weight is 326 g/mol. The molecule has 0 saturated carbocycles. The molecular formula is C9H9F11. The first kappa shape index (κ1) is 19.2. The highest BCUT2D eigenvalue weighted by Gasteiger charge is 2.89. The Bertz CT molecular complexity index is 328. The molecule has 11 heteroatoms. The molecule has 20 heavy (non-hydrogen) atoms. The summed E-state index contributed by atoms with van der Waals surface area (Å²) in [7, 11) is 0. The van der Waals surface area contributed by atoms with E-state index in [4.69, 9.17) is 0 Å². The van der Waals surface area contributed by atoms with E-state index in [2.05, 4.69) is 0 Å². The second-order valence-electron chi connectivity index (χ2n) is 4.47. The normalized spacial score (nSPS) is 16.5. The van der Waals surface area contributed by atoms with Crippen molar-refractivity contribution in [1.29, 1.82) is 0 Å². The van der Waals surface area contributed by atoms with Crippen LogP contribution >= 0.6 is 0 Å². The minimum Gasteiger partial charge on any atom is -0.223 e. The zero-order chi connectivity index (χ0) is 17.0. The molecule has 0 heterocycles. The summed E-state index contributed by atoms with van der Waals surface area (Å²) < 4.78 is 142. The molecule has 0 aromatic carbocycles. The Morgan fingerprint density at radius 3 is 0.700 bits per heavy atom. The van der Waals surface area contributed by atoms with Crippen molar-refractivity contribution in [2.45, 2.75) is 56.1 Å². The summed E-state index contributed by atoms with van der Waals surface area (Å²) in [6, 6.07) is 0. The first-order chi connectivity index (χ1) is 8.25. The summed E-state index contributed by atoms with van der Waals surface area (Å²) in [6.07, 6.45) is 0. The van der Waals surface area contributed by atoms with Crippen LogP contribution in [0.4, 0.5) is 48.3 Å². The predicted molar refractivity (Wildman–Crippen MR) is 45.6 cm³/mol. The van der Waals surface area contributed by atoms with Crippen molar-refractivity contribution in [2.24, 2.45) is 0 Å². The van der Waals surface area contributed by atoms with Crippen LogP contribution in [-0.2, 0) is 0 Å². The lowest BCUT2D eigenvalue weighted by Gasteiger charge is -2.45. The summed E-state index contributed by atoms with van der Waals surface area (Å²) in [5.74, 6) is -30.9. The third-order valence-electron chi connectivity index (χ3n) is 2.57. The second kappa shape index (κ2) is 4.36. The molecule has 0 saturated heterocycles. The number of hydrogen-bond donors (Lipinski definition) is 0. The van der Waals surface area contributed by atoms with Gasteiger partial charge in [0.1, 0.15) is 0 Å². The van der Waals surface area contributed by atoms with Crippen LogP contribution in [0.2, 0.25) is 0 Å². The fraction of sp³-hybridized carbons (Fsp3) is 1.00. The van der Waals surface area contributed by atoms with Crippen LogP contribution in [-0.4, -0.2) is 35.3 Å².